The fraction of sp³-hybridized carbons (Fsp3) is 0.500. The quantitative estimate of drug-likeness (QED) is 0.885. The number of ether oxygens (including phenoxy) is 1. The predicted octanol–water partition coefficient (Wildman–Crippen LogP) is 2.49. The van der Waals surface area contributed by atoms with Gasteiger partial charge in [0.05, 0.1) is 11.6 Å². The van der Waals surface area contributed by atoms with Gasteiger partial charge in [-0.15, -0.1) is 0 Å². The van der Waals surface area contributed by atoms with Gasteiger partial charge in [-0.1, -0.05) is 17.7 Å². The Hall–Kier alpha value is -0.640. The normalized spacial score (nSPS) is 24.9. The summed E-state index contributed by atoms with van der Waals surface area (Å²) < 4.78 is 18.6. The predicted molar refractivity (Wildman–Crippen MR) is 62.2 cm³/mol. The molecule has 2 rings (SSSR count). The van der Waals surface area contributed by atoms with Gasteiger partial charge in [0.25, 0.3) is 0 Å². The molecule has 0 spiro atoms. The molecule has 1 aliphatic heterocycles. The molecule has 1 aromatic carbocycles. The van der Waals surface area contributed by atoms with Gasteiger partial charge in [0.2, 0.25) is 0 Å². The van der Waals surface area contributed by atoms with Crippen LogP contribution in [0.3, 0.4) is 0 Å². The van der Waals surface area contributed by atoms with E-state index in [0.717, 1.165) is 25.0 Å². The van der Waals surface area contributed by atoms with Crippen LogP contribution in [0.2, 0.25) is 5.02 Å². The molecular formula is C12H15ClFNO. The molecule has 4 heteroatoms. The molecule has 0 bridgehead atoms. The van der Waals surface area contributed by atoms with Crippen molar-refractivity contribution >= 4 is 11.6 Å². The molecule has 0 saturated carbocycles. The number of rotatable bonds is 3. The molecule has 1 unspecified atom stereocenters. The van der Waals surface area contributed by atoms with Crippen molar-refractivity contribution in [2.45, 2.75) is 18.3 Å². The summed E-state index contributed by atoms with van der Waals surface area (Å²) in [6.45, 7) is 1.97. The Morgan fingerprint density at radius 3 is 2.88 bits per heavy atom. The zero-order chi connectivity index (χ0) is 11.6. The van der Waals surface area contributed by atoms with Gasteiger partial charge in [-0.2, -0.15) is 0 Å². The number of hydrogen-bond acceptors (Lipinski definition) is 2. The smallest absolute Gasteiger partial charge is 0.141 e. The van der Waals surface area contributed by atoms with Crippen molar-refractivity contribution in [2.24, 2.45) is 5.73 Å². The van der Waals surface area contributed by atoms with Crippen molar-refractivity contribution in [3.05, 3.63) is 34.6 Å². The topological polar surface area (TPSA) is 35.2 Å². The van der Waals surface area contributed by atoms with Gasteiger partial charge in [0.1, 0.15) is 5.82 Å². The maximum absolute atomic E-state index is 13.1. The Kier molecular flexibility index (Phi) is 3.47. The summed E-state index contributed by atoms with van der Waals surface area (Å²) >= 11 is 5.81. The van der Waals surface area contributed by atoms with Crippen molar-refractivity contribution in [3.8, 4) is 0 Å². The first-order valence-electron chi connectivity index (χ1n) is 5.41. The summed E-state index contributed by atoms with van der Waals surface area (Å²) in [5.41, 5.74) is 6.59. The molecule has 0 aliphatic carbocycles. The van der Waals surface area contributed by atoms with E-state index < -0.39 is 0 Å². The van der Waals surface area contributed by atoms with Gasteiger partial charge in [-0.3, -0.25) is 0 Å². The largest absolute Gasteiger partial charge is 0.380 e. The summed E-state index contributed by atoms with van der Waals surface area (Å²) in [5.74, 6) is -0.382. The van der Waals surface area contributed by atoms with Gasteiger partial charge in [-0.25, -0.2) is 4.39 Å². The molecule has 2 N–H and O–H groups in total. The molecule has 1 heterocycles. The monoisotopic (exact) mass is 243 g/mol. The minimum Gasteiger partial charge on any atom is -0.380 e. The van der Waals surface area contributed by atoms with Crippen molar-refractivity contribution in [2.75, 3.05) is 19.8 Å². The maximum atomic E-state index is 13.1. The molecular weight excluding hydrogens is 229 g/mol. The molecule has 1 fully saturated rings. The summed E-state index contributed by atoms with van der Waals surface area (Å²) in [6, 6.07) is 4.89. The summed E-state index contributed by atoms with van der Waals surface area (Å²) in [7, 11) is 0. The van der Waals surface area contributed by atoms with E-state index in [1.165, 1.54) is 6.07 Å². The number of hydrogen-bond donors (Lipinski definition) is 1. The lowest BCUT2D eigenvalue weighted by atomic mass is 9.77. The van der Waals surface area contributed by atoms with Gasteiger partial charge in [0.15, 0.2) is 0 Å². The molecule has 0 amide bonds. The molecule has 88 valence electrons. The Labute approximate surface area is 99.5 Å². The molecule has 1 saturated heterocycles. The van der Waals surface area contributed by atoms with Crippen molar-refractivity contribution in [3.63, 3.8) is 0 Å². The van der Waals surface area contributed by atoms with E-state index in [2.05, 4.69) is 0 Å². The fourth-order valence-electron chi connectivity index (χ4n) is 2.28. The van der Waals surface area contributed by atoms with Crippen LogP contribution in [0, 0.1) is 5.82 Å². The van der Waals surface area contributed by atoms with Gasteiger partial charge in [-0.05, 0) is 37.1 Å². The molecule has 1 atom stereocenters. The zero-order valence-corrected chi connectivity index (χ0v) is 9.77. The van der Waals surface area contributed by atoms with Crippen LogP contribution in [-0.2, 0) is 10.2 Å². The van der Waals surface area contributed by atoms with Crippen molar-refractivity contribution < 1.29 is 9.13 Å². The minimum atomic E-state index is -0.382. The highest BCUT2D eigenvalue weighted by Gasteiger charge is 2.36. The average molecular weight is 244 g/mol. The van der Waals surface area contributed by atoms with Crippen LogP contribution in [-0.4, -0.2) is 19.8 Å². The third kappa shape index (κ3) is 2.08. The minimum absolute atomic E-state index is 0.0773. The van der Waals surface area contributed by atoms with E-state index in [1.54, 1.807) is 12.1 Å². The zero-order valence-electron chi connectivity index (χ0n) is 9.01. The number of halogens is 2. The fourth-order valence-corrected chi connectivity index (χ4v) is 2.46. The lowest BCUT2D eigenvalue weighted by Crippen LogP contribution is -2.29. The standard InChI is InChI=1S/C12H15ClFNO/c13-10-7-9(1-2-11(10)14)12(3-5-15)4-6-16-8-12/h1-2,7H,3-6,8,15H2. The first-order valence-corrected chi connectivity index (χ1v) is 5.79. The van der Waals surface area contributed by atoms with Crippen molar-refractivity contribution in [1.29, 1.82) is 0 Å². The Morgan fingerprint density at radius 2 is 2.31 bits per heavy atom. The molecule has 16 heavy (non-hydrogen) atoms. The van der Waals surface area contributed by atoms with Crippen molar-refractivity contribution in [1.82, 2.24) is 0 Å². The van der Waals surface area contributed by atoms with E-state index >= 15 is 0 Å². The first-order chi connectivity index (χ1) is 7.68. The second kappa shape index (κ2) is 4.70. The Balaban J connectivity index is 2.35. The maximum Gasteiger partial charge on any atom is 0.141 e. The van der Waals surface area contributed by atoms with Crippen LogP contribution in [0.15, 0.2) is 18.2 Å². The highest BCUT2D eigenvalue weighted by atomic mass is 35.5. The van der Waals surface area contributed by atoms with E-state index in [1.807, 2.05) is 0 Å². The van der Waals surface area contributed by atoms with Crippen LogP contribution in [0.5, 0.6) is 0 Å². The summed E-state index contributed by atoms with van der Waals surface area (Å²) in [4.78, 5) is 0. The molecule has 1 aromatic rings. The summed E-state index contributed by atoms with van der Waals surface area (Å²) in [5, 5.41) is 0.167. The molecule has 1 aliphatic rings. The molecule has 0 aromatic heterocycles. The lowest BCUT2D eigenvalue weighted by molar-refractivity contribution is 0.175. The van der Waals surface area contributed by atoms with E-state index in [0.29, 0.717) is 13.2 Å². The second-order valence-electron chi connectivity index (χ2n) is 4.25. The van der Waals surface area contributed by atoms with Crippen LogP contribution < -0.4 is 5.73 Å². The molecule has 0 radical (unpaired) electrons. The third-order valence-electron chi connectivity index (χ3n) is 3.26. The van der Waals surface area contributed by atoms with Gasteiger partial charge < -0.3 is 10.5 Å². The van der Waals surface area contributed by atoms with Crippen LogP contribution in [0.4, 0.5) is 4.39 Å². The van der Waals surface area contributed by atoms with Gasteiger partial charge >= 0.3 is 0 Å². The average Bonchev–Trinajstić information content (AvgIpc) is 2.72. The van der Waals surface area contributed by atoms with E-state index in [-0.39, 0.29) is 16.3 Å². The van der Waals surface area contributed by atoms with E-state index in [9.17, 15) is 4.39 Å². The molecule has 2 nitrogen and oxygen atoms in total. The van der Waals surface area contributed by atoms with E-state index in [4.69, 9.17) is 22.1 Å². The SMILES string of the molecule is NCCC1(c2ccc(F)c(Cl)c2)CCOC1. The highest BCUT2D eigenvalue weighted by molar-refractivity contribution is 6.30. The van der Waals surface area contributed by atoms with Crippen LogP contribution in [0.1, 0.15) is 18.4 Å². The Morgan fingerprint density at radius 1 is 1.50 bits per heavy atom. The third-order valence-corrected chi connectivity index (χ3v) is 3.55. The van der Waals surface area contributed by atoms with Gasteiger partial charge in [0, 0.05) is 12.0 Å². The number of benzene rings is 1. The highest BCUT2D eigenvalue weighted by Crippen LogP contribution is 2.37. The number of nitrogens with two attached hydrogens (primary N) is 1. The van der Waals surface area contributed by atoms with Crippen LogP contribution >= 0.6 is 11.6 Å². The second-order valence-corrected chi connectivity index (χ2v) is 4.66. The lowest BCUT2D eigenvalue weighted by Gasteiger charge is -2.27. The Bertz CT molecular complexity index is 377. The van der Waals surface area contributed by atoms with Crippen LogP contribution in [0.25, 0.3) is 0 Å². The summed E-state index contributed by atoms with van der Waals surface area (Å²) in [6.07, 6.45) is 1.77. The first kappa shape index (κ1) is 11.8.